The quantitative estimate of drug-likeness (QED) is 0.513. The van der Waals surface area contributed by atoms with Crippen LogP contribution in [0.4, 0.5) is 10.1 Å². The van der Waals surface area contributed by atoms with Crippen LogP contribution in [0, 0.1) is 11.2 Å². The van der Waals surface area contributed by atoms with E-state index in [1.807, 2.05) is 0 Å². The minimum absolute atomic E-state index is 0.151. The minimum atomic E-state index is -1.80. The van der Waals surface area contributed by atoms with Gasteiger partial charge in [-0.15, -0.1) is 0 Å². The van der Waals surface area contributed by atoms with Gasteiger partial charge < -0.3 is 9.33 Å². The molecule has 1 aromatic carbocycles. The van der Waals surface area contributed by atoms with Crippen molar-refractivity contribution in [2.24, 2.45) is 5.41 Å². The van der Waals surface area contributed by atoms with E-state index in [9.17, 15) is 9.18 Å². The number of carbonyl (C=O) groups is 1. The smallest absolute Gasteiger partial charge is 0.233 e. The molecular weight excluding hydrogens is 393 g/mol. The molecule has 1 spiro atoms. The lowest BCUT2D eigenvalue weighted by Gasteiger charge is -2.47. The molecule has 1 aliphatic carbocycles. The Morgan fingerprint density at radius 2 is 1.86 bits per heavy atom. The fraction of sp³-hybridized carbons (Fsp3) is 0.682. The fourth-order valence-electron chi connectivity index (χ4n) is 4.32. The summed E-state index contributed by atoms with van der Waals surface area (Å²) in [5, 5.41) is 0.499. The van der Waals surface area contributed by atoms with Crippen molar-refractivity contribution in [2.75, 3.05) is 11.4 Å². The van der Waals surface area contributed by atoms with E-state index in [0.717, 1.165) is 38.5 Å². The van der Waals surface area contributed by atoms with Crippen molar-refractivity contribution in [3.05, 3.63) is 29.0 Å². The van der Waals surface area contributed by atoms with Gasteiger partial charge in [0.2, 0.25) is 5.91 Å². The molecular formula is C22H33ClFNO2Si. The van der Waals surface area contributed by atoms with E-state index < -0.39 is 8.32 Å². The van der Waals surface area contributed by atoms with Crippen molar-refractivity contribution in [2.45, 2.75) is 83.5 Å². The number of anilines is 1. The summed E-state index contributed by atoms with van der Waals surface area (Å²) in [4.78, 5) is 15.2. The summed E-state index contributed by atoms with van der Waals surface area (Å²) in [7, 11) is -1.80. The molecule has 3 rings (SSSR count). The number of piperidine rings is 1. The summed E-state index contributed by atoms with van der Waals surface area (Å²) < 4.78 is 20.0. The number of carbonyl (C=O) groups excluding carboxylic acids is 1. The molecule has 0 unspecified atom stereocenters. The standard InChI is InChI=1S/C22H33ClFNO2Si/c1-21(2,3)28(4,5)27-17-9-12-22(13-10-17)11-6-14-25(20(22)26)19-8-7-16(24)15-18(19)23/h7-8,15,17H,6,9-14H2,1-5H3. The van der Waals surface area contributed by atoms with Crippen molar-refractivity contribution in [1.29, 1.82) is 0 Å². The van der Waals surface area contributed by atoms with Gasteiger partial charge in [-0.05, 0) is 74.9 Å². The Bertz CT molecular complexity index is 739. The van der Waals surface area contributed by atoms with Gasteiger partial charge in [-0.2, -0.15) is 0 Å². The number of benzene rings is 1. The molecule has 156 valence electrons. The fourth-order valence-corrected chi connectivity index (χ4v) is 6.01. The van der Waals surface area contributed by atoms with Gasteiger partial charge >= 0.3 is 0 Å². The Morgan fingerprint density at radius 3 is 2.43 bits per heavy atom. The Labute approximate surface area is 174 Å². The first-order chi connectivity index (χ1) is 13.0. The van der Waals surface area contributed by atoms with Crippen LogP contribution in [-0.2, 0) is 9.22 Å². The summed E-state index contributed by atoms with van der Waals surface area (Å²) >= 11 is 6.24. The molecule has 2 aliphatic rings. The molecule has 2 fully saturated rings. The second kappa shape index (κ2) is 7.73. The zero-order valence-electron chi connectivity index (χ0n) is 17.8. The molecule has 1 amide bonds. The Morgan fingerprint density at radius 1 is 1.21 bits per heavy atom. The molecule has 0 radical (unpaired) electrons. The molecule has 1 saturated heterocycles. The summed E-state index contributed by atoms with van der Waals surface area (Å²) in [5.41, 5.74) is 0.315. The maximum absolute atomic E-state index is 13.4. The lowest BCUT2D eigenvalue weighted by molar-refractivity contribution is -0.133. The third-order valence-electron chi connectivity index (χ3n) is 7.09. The van der Waals surface area contributed by atoms with Gasteiger partial charge in [0.25, 0.3) is 0 Å². The summed E-state index contributed by atoms with van der Waals surface area (Å²) in [5.74, 6) is -0.228. The van der Waals surface area contributed by atoms with Crippen LogP contribution < -0.4 is 4.90 Å². The molecule has 3 nitrogen and oxygen atoms in total. The first-order valence-electron chi connectivity index (χ1n) is 10.4. The predicted octanol–water partition coefficient (Wildman–Crippen LogP) is 6.56. The molecule has 0 N–H and O–H groups in total. The monoisotopic (exact) mass is 425 g/mol. The summed E-state index contributed by atoms with van der Waals surface area (Å²) in [6.45, 7) is 12.0. The Kier molecular flexibility index (Phi) is 6.01. The maximum atomic E-state index is 13.4. The number of nitrogens with zero attached hydrogens (tertiary/aromatic N) is 1. The largest absolute Gasteiger partial charge is 0.414 e. The molecule has 1 heterocycles. The highest BCUT2D eigenvalue weighted by atomic mass is 35.5. The van der Waals surface area contributed by atoms with Crippen LogP contribution in [-0.4, -0.2) is 26.9 Å². The Hall–Kier alpha value is -0.913. The molecule has 6 heteroatoms. The number of hydrogen-bond donors (Lipinski definition) is 0. The first-order valence-corrected chi connectivity index (χ1v) is 13.7. The average Bonchev–Trinajstić information content (AvgIpc) is 2.59. The van der Waals surface area contributed by atoms with E-state index in [-0.39, 0.29) is 28.3 Å². The lowest BCUT2D eigenvalue weighted by Crippen LogP contribution is -2.52. The Balaban J connectivity index is 1.71. The van der Waals surface area contributed by atoms with Crippen LogP contribution in [0.15, 0.2) is 18.2 Å². The second-order valence-corrected chi connectivity index (χ2v) is 15.2. The third-order valence-corrected chi connectivity index (χ3v) is 11.9. The normalized spacial score (nSPS) is 26.8. The van der Waals surface area contributed by atoms with Gasteiger partial charge in [0.05, 0.1) is 16.1 Å². The first kappa shape index (κ1) is 21.8. The van der Waals surface area contributed by atoms with Gasteiger partial charge in [-0.1, -0.05) is 32.4 Å². The van der Waals surface area contributed by atoms with Crippen molar-refractivity contribution in [3.8, 4) is 0 Å². The molecule has 28 heavy (non-hydrogen) atoms. The molecule has 0 atom stereocenters. The van der Waals surface area contributed by atoms with E-state index >= 15 is 0 Å². The predicted molar refractivity (Wildman–Crippen MR) is 116 cm³/mol. The zero-order chi connectivity index (χ0) is 20.7. The van der Waals surface area contributed by atoms with E-state index in [1.54, 1.807) is 11.0 Å². The maximum Gasteiger partial charge on any atom is 0.233 e. The van der Waals surface area contributed by atoms with E-state index in [1.165, 1.54) is 12.1 Å². The van der Waals surface area contributed by atoms with Crippen molar-refractivity contribution >= 4 is 31.5 Å². The lowest BCUT2D eigenvalue weighted by atomic mass is 9.68. The molecule has 1 saturated carbocycles. The van der Waals surface area contributed by atoms with Crippen molar-refractivity contribution in [1.82, 2.24) is 0 Å². The highest BCUT2D eigenvalue weighted by molar-refractivity contribution is 6.74. The van der Waals surface area contributed by atoms with Gasteiger partial charge in [0.15, 0.2) is 8.32 Å². The zero-order valence-corrected chi connectivity index (χ0v) is 19.5. The number of rotatable bonds is 3. The van der Waals surface area contributed by atoms with Gasteiger partial charge in [-0.25, -0.2) is 4.39 Å². The molecule has 1 aliphatic heterocycles. The van der Waals surface area contributed by atoms with E-state index in [2.05, 4.69) is 33.9 Å². The van der Waals surface area contributed by atoms with Crippen LogP contribution in [0.25, 0.3) is 0 Å². The van der Waals surface area contributed by atoms with Gasteiger partial charge in [-0.3, -0.25) is 4.79 Å². The van der Waals surface area contributed by atoms with Crippen LogP contribution in [0.5, 0.6) is 0 Å². The van der Waals surface area contributed by atoms with E-state index in [0.29, 0.717) is 17.3 Å². The van der Waals surface area contributed by atoms with Crippen molar-refractivity contribution < 1.29 is 13.6 Å². The molecule has 0 bridgehead atoms. The average molecular weight is 426 g/mol. The second-order valence-electron chi connectivity index (χ2n) is 10.0. The number of amides is 1. The third kappa shape index (κ3) is 4.17. The number of halogens is 2. The number of hydrogen-bond acceptors (Lipinski definition) is 2. The topological polar surface area (TPSA) is 29.5 Å². The summed E-state index contributed by atoms with van der Waals surface area (Å²) in [6, 6.07) is 4.29. The summed E-state index contributed by atoms with van der Waals surface area (Å²) in [6.07, 6.45) is 5.72. The SMILES string of the molecule is CC(C)(C)[Si](C)(C)OC1CCC2(CCCN(c3ccc(F)cc3Cl)C2=O)CC1. The van der Waals surface area contributed by atoms with Crippen LogP contribution >= 0.6 is 11.6 Å². The minimum Gasteiger partial charge on any atom is -0.414 e. The highest BCUT2D eigenvalue weighted by Gasteiger charge is 2.48. The van der Waals surface area contributed by atoms with Crippen LogP contribution in [0.1, 0.15) is 59.3 Å². The highest BCUT2D eigenvalue weighted by Crippen LogP contribution is 2.48. The van der Waals surface area contributed by atoms with Crippen molar-refractivity contribution in [3.63, 3.8) is 0 Å². The van der Waals surface area contributed by atoms with Gasteiger partial charge in [0.1, 0.15) is 5.82 Å². The molecule has 1 aromatic rings. The molecule has 0 aromatic heterocycles. The van der Waals surface area contributed by atoms with Gasteiger partial charge in [0, 0.05) is 12.6 Å². The van der Waals surface area contributed by atoms with Crippen LogP contribution in [0.3, 0.4) is 0 Å². The van der Waals surface area contributed by atoms with Crippen LogP contribution in [0.2, 0.25) is 23.2 Å². The van der Waals surface area contributed by atoms with E-state index in [4.69, 9.17) is 16.0 Å².